The van der Waals surface area contributed by atoms with Gasteiger partial charge in [-0.3, -0.25) is 9.59 Å². The molecule has 1 aromatic rings. The molecule has 6 heteroatoms. The topological polar surface area (TPSA) is 78.4 Å². The Morgan fingerprint density at radius 3 is 2.89 bits per heavy atom. The Morgan fingerprint density at radius 1 is 1.50 bits per heavy atom. The first kappa shape index (κ1) is 12.9. The van der Waals surface area contributed by atoms with Gasteiger partial charge in [-0.25, -0.2) is 0 Å². The summed E-state index contributed by atoms with van der Waals surface area (Å²) in [6.45, 7) is 0.432. The molecule has 0 radical (unpaired) electrons. The van der Waals surface area contributed by atoms with E-state index in [2.05, 4.69) is 26.6 Å². The lowest BCUT2D eigenvalue weighted by molar-refractivity contribution is -0.122. The molecule has 1 heterocycles. The van der Waals surface area contributed by atoms with Crippen molar-refractivity contribution < 1.29 is 14.7 Å². The number of carbonyl (C=O) groups is 2. The van der Waals surface area contributed by atoms with Gasteiger partial charge >= 0.3 is 0 Å². The van der Waals surface area contributed by atoms with Gasteiger partial charge in [0.15, 0.2) is 0 Å². The maximum Gasteiger partial charge on any atom is 0.255 e. The Hall–Kier alpha value is -1.56. The number of aromatic hydroxyl groups is 1. The number of phenolic OH excluding ortho intramolecular Hbond substituents is 1. The monoisotopic (exact) mass is 312 g/mol. The number of carbonyl (C=O) groups excluding carboxylic acids is 2. The van der Waals surface area contributed by atoms with E-state index in [4.69, 9.17) is 0 Å². The fourth-order valence-corrected chi connectivity index (χ4v) is 2.16. The molecule has 0 bridgehead atoms. The number of rotatable bonds is 2. The number of hydrogen-bond donors (Lipinski definition) is 3. The zero-order valence-corrected chi connectivity index (χ0v) is 11.2. The smallest absolute Gasteiger partial charge is 0.255 e. The van der Waals surface area contributed by atoms with Crippen molar-refractivity contribution in [2.75, 3.05) is 6.54 Å². The summed E-state index contributed by atoms with van der Waals surface area (Å²) in [5.74, 6) is -0.394. The van der Waals surface area contributed by atoms with Crippen LogP contribution in [-0.2, 0) is 4.79 Å². The predicted molar refractivity (Wildman–Crippen MR) is 69.3 cm³/mol. The van der Waals surface area contributed by atoms with Crippen molar-refractivity contribution in [3.05, 3.63) is 28.2 Å². The Balaban J connectivity index is 2.01. The Labute approximate surface area is 113 Å². The molecule has 1 fully saturated rings. The number of nitrogens with one attached hydrogen (secondary N) is 2. The number of halogens is 1. The lowest BCUT2D eigenvalue weighted by Crippen LogP contribution is -2.47. The highest BCUT2D eigenvalue weighted by Gasteiger charge is 2.21. The summed E-state index contributed by atoms with van der Waals surface area (Å²) in [6.07, 6.45) is 1.03. The third-order valence-corrected chi connectivity index (χ3v) is 3.30. The van der Waals surface area contributed by atoms with Crippen LogP contribution in [0.4, 0.5) is 0 Å². The summed E-state index contributed by atoms with van der Waals surface area (Å²) >= 11 is 3.21. The van der Waals surface area contributed by atoms with Gasteiger partial charge < -0.3 is 15.7 Å². The first-order chi connectivity index (χ1) is 8.56. The molecule has 1 atom stereocenters. The summed E-state index contributed by atoms with van der Waals surface area (Å²) in [5, 5.41) is 15.1. The van der Waals surface area contributed by atoms with E-state index in [1.807, 2.05) is 0 Å². The Kier molecular flexibility index (Phi) is 3.86. The molecule has 1 aliphatic heterocycles. The molecule has 0 aliphatic carbocycles. The maximum absolute atomic E-state index is 11.9. The zero-order valence-electron chi connectivity index (χ0n) is 9.57. The Bertz CT molecular complexity index is 480. The summed E-state index contributed by atoms with van der Waals surface area (Å²) < 4.78 is 0.710. The fraction of sp³-hybridized carbons (Fsp3) is 0.333. The molecule has 1 aliphatic rings. The quantitative estimate of drug-likeness (QED) is 0.767. The average Bonchev–Trinajstić information content (AvgIpc) is 2.32. The molecule has 1 aromatic carbocycles. The number of phenols is 1. The highest BCUT2D eigenvalue weighted by atomic mass is 79.9. The van der Waals surface area contributed by atoms with Gasteiger partial charge in [0.25, 0.3) is 5.91 Å². The van der Waals surface area contributed by atoms with Gasteiger partial charge in [-0.15, -0.1) is 0 Å². The zero-order chi connectivity index (χ0) is 13.1. The van der Waals surface area contributed by atoms with Crippen molar-refractivity contribution in [3.8, 4) is 5.75 Å². The minimum absolute atomic E-state index is 0.00647. The van der Waals surface area contributed by atoms with Crippen LogP contribution in [0.2, 0.25) is 0 Å². The van der Waals surface area contributed by atoms with Crippen LogP contribution in [0.3, 0.4) is 0 Å². The van der Waals surface area contributed by atoms with Crippen LogP contribution < -0.4 is 10.6 Å². The van der Waals surface area contributed by atoms with Crippen LogP contribution in [-0.4, -0.2) is 29.5 Å². The molecule has 0 aromatic heterocycles. The fourth-order valence-electron chi connectivity index (χ4n) is 1.82. The maximum atomic E-state index is 11.9. The van der Waals surface area contributed by atoms with Crippen molar-refractivity contribution in [1.29, 1.82) is 0 Å². The molecule has 1 unspecified atom stereocenters. The molecule has 1 saturated heterocycles. The van der Waals surface area contributed by atoms with Gasteiger partial charge in [0.1, 0.15) is 5.75 Å². The molecule has 5 nitrogen and oxygen atoms in total. The second-order valence-corrected chi connectivity index (χ2v) is 5.09. The average molecular weight is 313 g/mol. The summed E-state index contributed by atoms with van der Waals surface area (Å²) in [7, 11) is 0. The lowest BCUT2D eigenvalue weighted by atomic mass is 10.1. The number of amides is 2. The van der Waals surface area contributed by atoms with E-state index in [9.17, 15) is 14.7 Å². The van der Waals surface area contributed by atoms with Crippen molar-refractivity contribution >= 4 is 27.7 Å². The molecule has 0 saturated carbocycles. The largest absolute Gasteiger partial charge is 0.507 e. The molecule has 0 spiro atoms. The summed E-state index contributed by atoms with van der Waals surface area (Å²) in [6, 6.07) is 4.63. The van der Waals surface area contributed by atoms with E-state index < -0.39 is 0 Å². The lowest BCUT2D eigenvalue weighted by Gasteiger charge is -2.23. The minimum atomic E-state index is -0.332. The van der Waals surface area contributed by atoms with Gasteiger partial charge in [-0.1, -0.05) is 15.9 Å². The van der Waals surface area contributed by atoms with Crippen molar-refractivity contribution in [3.63, 3.8) is 0 Å². The first-order valence-corrected chi connectivity index (χ1v) is 6.41. The van der Waals surface area contributed by atoms with Crippen LogP contribution in [0.5, 0.6) is 5.75 Å². The minimum Gasteiger partial charge on any atom is -0.507 e. The highest BCUT2D eigenvalue weighted by molar-refractivity contribution is 9.10. The van der Waals surface area contributed by atoms with Gasteiger partial charge in [0, 0.05) is 23.5 Å². The predicted octanol–water partition coefficient (Wildman–Crippen LogP) is 1.16. The van der Waals surface area contributed by atoms with Crippen LogP contribution in [0, 0.1) is 0 Å². The van der Waals surface area contributed by atoms with E-state index in [1.165, 1.54) is 6.07 Å². The number of benzene rings is 1. The van der Waals surface area contributed by atoms with Crippen LogP contribution in [0.15, 0.2) is 22.7 Å². The third-order valence-electron chi connectivity index (χ3n) is 2.81. The highest BCUT2D eigenvalue weighted by Crippen LogP contribution is 2.22. The van der Waals surface area contributed by atoms with Gasteiger partial charge in [-0.05, 0) is 24.6 Å². The van der Waals surface area contributed by atoms with E-state index in [1.54, 1.807) is 12.1 Å². The molecule has 18 heavy (non-hydrogen) atoms. The van der Waals surface area contributed by atoms with Crippen LogP contribution >= 0.6 is 15.9 Å². The van der Waals surface area contributed by atoms with Gasteiger partial charge in [0.2, 0.25) is 5.91 Å². The van der Waals surface area contributed by atoms with E-state index in [0.717, 1.165) is 0 Å². The normalized spacial score (nSPS) is 19.2. The van der Waals surface area contributed by atoms with Crippen LogP contribution in [0.25, 0.3) is 0 Å². The van der Waals surface area contributed by atoms with Gasteiger partial charge in [0.05, 0.1) is 5.56 Å². The number of hydrogen-bond acceptors (Lipinski definition) is 3. The molecular formula is C12H13BrN2O3. The van der Waals surface area contributed by atoms with E-state index in [0.29, 0.717) is 23.9 Å². The van der Waals surface area contributed by atoms with E-state index in [-0.39, 0.29) is 29.2 Å². The molecule has 3 N–H and O–H groups in total. The summed E-state index contributed by atoms with van der Waals surface area (Å²) in [5.41, 5.74) is 0.232. The van der Waals surface area contributed by atoms with Gasteiger partial charge in [-0.2, -0.15) is 0 Å². The number of piperidine rings is 1. The van der Waals surface area contributed by atoms with Crippen molar-refractivity contribution in [1.82, 2.24) is 10.6 Å². The van der Waals surface area contributed by atoms with Crippen molar-refractivity contribution in [2.45, 2.75) is 18.9 Å². The summed E-state index contributed by atoms with van der Waals surface area (Å²) in [4.78, 5) is 22.9. The standard InChI is InChI=1S/C12H13BrN2O3/c13-7-1-3-9(10(16)5-7)12(18)15-8-2-4-11(17)14-6-8/h1,3,5,8,16H,2,4,6H2,(H,14,17)(H,15,18). The Morgan fingerprint density at radius 2 is 2.28 bits per heavy atom. The SMILES string of the molecule is O=C1CCC(NC(=O)c2ccc(Br)cc2O)CN1. The second-order valence-electron chi connectivity index (χ2n) is 4.17. The van der Waals surface area contributed by atoms with Crippen LogP contribution in [0.1, 0.15) is 23.2 Å². The molecule has 96 valence electrons. The molecule has 2 amide bonds. The third kappa shape index (κ3) is 3.01. The first-order valence-electron chi connectivity index (χ1n) is 5.62. The molecular weight excluding hydrogens is 300 g/mol. The van der Waals surface area contributed by atoms with Crippen molar-refractivity contribution in [2.24, 2.45) is 0 Å². The van der Waals surface area contributed by atoms with E-state index >= 15 is 0 Å². The molecule has 2 rings (SSSR count). The second kappa shape index (κ2) is 5.39.